The number of carbonyl (C=O) groups excluding carboxylic acids is 1. The molecule has 1 aliphatic rings. The van der Waals surface area contributed by atoms with Crippen LogP contribution in [0.5, 0.6) is 0 Å². The topological polar surface area (TPSA) is 75.4 Å². The molecule has 0 atom stereocenters. The summed E-state index contributed by atoms with van der Waals surface area (Å²) >= 11 is 6.19. The summed E-state index contributed by atoms with van der Waals surface area (Å²) in [6.07, 6.45) is 0. The van der Waals surface area contributed by atoms with Gasteiger partial charge in [-0.05, 0) is 32.0 Å². The van der Waals surface area contributed by atoms with Gasteiger partial charge in [-0.15, -0.1) is 0 Å². The van der Waals surface area contributed by atoms with Crippen LogP contribution in [0.25, 0.3) is 0 Å². The van der Waals surface area contributed by atoms with Crippen LogP contribution in [0.1, 0.15) is 25.0 Å². The van der Waals surface area contributed by atoms with E-state index in [2.05, 4.69) is 15.5 Å². The Kier molecular flexibility index (Phi) is 5.98. The molecule has 2 aromatic carbocycles. The van der Waals surface area contributed by atoms with Gasteiger partial charge in [-0.25, -0.2) is 9.79 Å². The van der Waals surface area contributed by atoms with Crippen LogP contribution >= 0.6 is 11.6 Å². The van der Waals surface area contributed by atoms with Gasteiger partial charge in [0.15, 0.2) is 0 Å². The molecule has 0 saturated carbocycles. The van der Waals surface area contributed by atoms with E-state index in [1.54, 1.807) is 19.9 Å². The average Bonchev–Trinajstić information content (AvgIpc) is 2.86. The second-order valence-corrected chi connectivity index (χ2v) is 6.22. The largest absolute Gasteiger partial charge is 0.461 e. The first kappa shape index (κ1) is 18.8. The SMILES string of the molecule is CCOC(=O)C(C)=NNC1=Nc2ccc(Cl)cc2C(c2ccccc2)=NC1. The van der Waals surface area contributed by atoms with Crippen LogP contribution < -0.4 is 5.43 Å². The smallest absolute Gasteiger partial charge is 0.354 e. The number of ether oxygens (including phenoxy) is 1. The number of hydrazone groups is 1. The molecule has 0 saturated heterocycles. The highest BCUT2D eigenvalue weighted by molar-refractivity contribution is 6.35. The third-order valence-corrected chi connectivity index (χ3v) is 4.06. The maximum Gasteiger partial charge on any atom is 0.354 e. The van der Waals surface area contributed by atoms with Crippen molar-refractivity contribution in [2.75, 3.05) is 13.2 Å². The minimum Gasteiger partial charge on any atom is -0.461 e. The van der Waals surface area contributed by atoms with Crippen LogP contribution in [0.15, 0.2) is 63.6 Å². The fourth-order valence-corrected chi connectivity index (χ4v) is 2.72. The van der Waals surface area contributed by atoms with Crippen LogP contribution in [0, 0.1) is 0 Å². The summed E-state index contributed by atoms with van der Waals surface area (Å²) in [6, 6.07) is 15.3. The van der Waals surface area contributed by atoms with Crippen molar-refractivity contribution in [3.63, 3.8) is 0 Å². The van der Waals surface area contributed by atoms with Crippen LogP contribution in [0.4, 0.5) is 5.69 Å². The van der Waals surface area contributed by atoms with Gasteiger partial charge in [-0.2, -0.15) is 5.10 Å². The number of hydrogen-bond acceptors (Lipinski definition) is 6. The summed E-state index contributed by atoms with van der Waals surface area (Å²) in [5.74, 6) is 0.0491. The number of nitrogens with one attached hydrogen (secondary N) is 1. The second-order valence-electron chi connectivity index (χ2n) is 5.78. The highest BCUT2D eigenvalue weighted by atomic mass is 35.5. The highest BCUT2D eigenvalue weighted by Crippen LogP contribution is 2.28. The standard InChI is InChI=1S/C20H19ClN4O2/c1-3-27-20(26)13(2)24-25-18-12-22-19(14-7-5-4-6-8-14)16-11-15(21)9-10-17(16)23-18/h4-11H,3,12H2,1-2H3,(H,23,25). The third kappa shape index (κ3) is 4.60. The van der Waals surface area contributed by atoms with Crippen molar-refractivity contribution in [2.24, 2.45) is 15.1 Å². The van der Waals surface area contributed by atoms with Gasteiger partial charge in [-0.3, -0.25) is 10.4 Å². The molecule has 0 fully saturated rings. The predicted octanol–water partition coefficient (Wildman–Crippen LogP) is 3.75. The van der Waals surface area contributed by atoms with E-state index in [0.717, 1.165) is 22.5 Å². The van der Waals surface area contributed by atoms with Gasteiger partial charge in [-0.1, -0.05) is 41.9 Å². The lowest BCUT2D eigenvalue weighted by Crippen LogP contribution is -2.25. The molecule has 0 spiro atoms. The number of rotatable bonds is 4. The molecule has 0 aromatic heterocycles. The minimum absolute atomic E-state index is 0.215. The molecule has 0 radical (unpaired) electrons. The molecule has 0 bridgehead atoms. The van der Waals surface area contributed by atoms with Gasteiger partial charge in [0, 0.05) is 16.1 Å². The summed E-state index contributed by atoms with van der Waals surface area (Å²) in [6.45, 7) is 3.91. The normalized spacial score (nSPS) is 13.8. The molecular weight excluding hydrogens is 364 g/mol. The molecule has 0 unspecified atom stereocenters. The number of nitrogens with zero attached hydrogens (tertiary/aromatic N) is 3. The molecule has 1 heterocycles. The van der Waals surface area contributed by atoms with E-state index >= 15 is 0 Å². The Morgan fingerprint density at radius 1 is 1.26 bits per heavy atom. The second kappa shape index (κ2) is 8.60. The number of hydrogen-bond donors (Lipinski definition) is 1. The van der Waals surface area contributed by atoms with E-state index in [4.69, 9.17) is 21.3 Å². The van der Waals surface area contributed by atoms with E-state index in [-0.39, 0.29) is 12.3 Å². The van der Waals surface area contributed by atoms with Crippen molar-refractivity contribution < 1.29 is 9.53 Å². The Bertz CT molecular complexity index is 936. The van der Waals surface area contributed by atoms with E-state index in [0.29, 0.717) is 17.5 Å². The number of carbonyl (C=O) groups is 1. The van der Waals surface area contributed by atoms with Crippen LogP contribution in [-0.4, -0.2) is 36.4 Å². The van der Waals surface area contributed by atoms with Crippen molar-refractivity contribution in [1.29, 1.82) is 0 Å². The van der Waals surface area contributed by atoms with Crippen LogP contribution in [-0.2, 0) is 9.53 Å². The maximum absolute atomic E-state index is 11.7. The first-order valence-corrected chi connectivity index (χ1v) is 8.91. The molecule has 1 aliphatic heterocycles. The lowest BCUT2D eigenvalue weighted by molar-refractivity contribution is -0.135. The Morgan fingerprint density at radius 3 is 2.78 bits per heavy atom. The Morgan fingerprint density at radius 2 is 2.04 bits per heavy atom. The first-order valence-electron chi connectivity index (χ1n) is 8.53. The number of aliphatic imine (C=N–C) groups is 2. The Labute approximate surface area is 162 Å². The van der Waals surface area contributed by atoms with Crippen molar-refractivity contribution in [1.82, 2.24) is 5.43 Å². The van der Waals surface area contributed by atoms with Crippen molar-refractivity contribution in [2.45, 2.75) is 13.8 Å². The molecule has 3 rings (SSSR count). The molecule has 7 heteroatoms. The van der Waals surface area contributed by atoms with Crippen molar-refractivity contribution in [3.05, 3.63) is 64.7 Å². The number of fused-ring (bicyclic) bond motifs is 1. The lowest BCUT2D eigenvalue weighted by atomic mass is 10.0. The maximum atomic E-state index is 11.7. The highest BCUT2D eigenvalue weighted by Gasteiger charge is 2.17. The fourth-order valence-electron chi connectivity index (χ4n) is 2.55. The quantitative estimate of drug-likeness (QED) is 0.497. The van der Waals surface area contributed by atoms with Gasteiger partial charge < -0.3 is 4.74 Å². The van der Waals surface area contributed by atoms with Gasteiger partial charge in [0.05, 0.1) is 24.6 Å². The molecular formula is C20H19ClN4O2. The van der Waals surface area contributed by atoms with E-state index in [9.17, 15) is 4.79 Å². The zero-order chi connectivity index (χ0) is 19.2. The van der Waals surface area contributed by atoms with E-state index in [1.165, 1.54) is 0 Å². The Balaban J connectivity index is 1.94. The zero-order valence-electron chi connectivity index (χ0n) is 15.1. The zero-order valence-corrected chi connectivity index (χ0v) is 15.8. The summed E-state index contributed by atoms with van der Waals surface area (Å²) < 4.78 is 4.92. The molecule has 2 aromatic rings. The van der Waals surface area contributed by atoms with Gasteiger partial charge in [0.1, 0.15) is 11.5 Å². The summed E-state index contributed by atoms with van der Waals surface area (Å²) in [4.78, 5) is 21.0. The van der Waals surface area contributed by atoms with E-state index < -0.39 is 5.97 Å². The van der Waals surface area contributed by atoms with Gasteiger partial charge >= 0.3 is 5.97 Å². The molecule has 1 N–H and O–H groups in total. The first-order chi connectivity index (χ1) is 13.1. The number of benzene rings is 2. The van der Waals surface area contributed by atoms with E-state index in [1.807, 2.05) is 42.5 Å². The molecule has 138 valence electrons. The number of esters is 1. The van der Waals surface area contributed by atoms with Gasteiger partial charge in [0.25, 0.3) is 0 Å². The monoisotopic (exact) mass is 382 g/mol. The fraction of sp³-hybridized carbons (Fsp3) is 0.200. The third-order valence-electron chi connectivity index (χ3n) is 3.83. The van der Waals surface area contributed by atoms with Crippen LogP contribution in [0.3, 0.4) is 0 Å². The summed E-state index contributed by atoms with van der Waals surface area (Å²) in [7, 11) is 0. The molecule has 6 nitrogen and oxygen atoms in total. The Hall–Kier alpha value is -2.99. The molecule has 0 amide bonds. The average molecular weight is 383 g/mol. The minimum atomic E-state index is -0.472. The predicted molar refractivity (Wildman–Crippen MR) is 108 cm³/mol. The van der Waals surface area contributed by atoms with Crippen molar-refractivity contribution >= 4 is 40.5 Å². The van der Waals surface area contributed by atoms with Gasteiger partial charge in [0.2, 0.25) is 0 Å². The molecule has 27 heavy (non-hydrogen) atoms. The van der Waals surface area contributed by atoms with Crippen LogP contribution in [0.2, 0.25) is 5.02 Å². The van der Waals surface area contributed by atoms with Crippen molar-refractivity contribution in [3.8, 4) is 0 Å². The number of amidine groups is 1. The summed E-state index contributed by atoms with van der Waals surface area (Å²) in [5, 5.41) is 4.67. The lowest BCUT2D eigenvalue weighted by Gasteiger charge is -2.08. The summed E-state index contributed by atoms with van der Waals surface area (Å²) in [5.41, 5.74) is 6.39. The molecule has 0 aliphatic carbocycles. The number of halogens is 1.